The number of aromatic nitrogens is 1. The maximum absolute atomic E-state index is 6.62. The Morgan fingerprint density at radius 2 is 1.08 bits per heavy atom. The molecule has 0 aliphatic rings. The number of hydrogen-bond acceptors (Lipinski definition) is 5. The lowest BCUT2D eigenvalue weighted by molar-refractivity contribution is 0.623. The molecule has 3 heterocycles. The quantitative estimate of drug-likeness (QED) is 0.186. The molecule has 226 valence electrons. The molecule has 0 atom stereocenters. The van der Waals surface area contributed by atoms with E-state index in [1.807, 2.05) is 29.5 Å². The van der Waals surface area contributed by atoms with Crippen LogP contribution in [0.25, 0.3) is 74.0 Å². The molecule has 0 saturated heterocycles. The van der Waals surface area contributed by atoms with Gasteiger partial charge in [-0.15, -0.1) is 22.7 Å². The molecule has 0 amide bonds. The minimum Gasteiger partial charge on any atom is -0.435 e. The molecular formula is C43H26N2OS2. The van der Waals surface area contributed by atoms with Crippen LogP contribution in [-0.2, 0) is 0 Å². The first-order valence-electron chi connectivity index (χ1n) is 16.0. The van der Waals surface area contributed by atoms with Crippen molar-refractivity contribution in [3.05, 3.63) is 158 Å². The van der Waals surface area contributed by atoms with Crippen LogP contribution < -0.4 is 4.90 Å². The summed E-state index contributed by atoms with van der Waals surface area (Å²) in [5.74, 6) is 0.629. The van der Waals surface area contributed by atoms with Gasteiger partial charge in [-0.2, -0.15) is 0 Å². The number of thiophene rings is 2. The molecule has 0 saturated carbocycles. The summed E-state index contributed by atoms with van der Waals surface area (Å²) in [7, 11) is 0. The third kappa shape index (κ3) is 4.36. The summed E-state index contributed by atoms with van der Waals surface area (Å²) in [5.41, 5.74) is 8.28. The molecule has 10 aromatic rings. The van der Waals surface area contributed by atoms with Crippen LogP contribution in [-0.4, -0.2) is 4.98 Å². The second-order valence-electron chi connectivity index (χ2n) is 12.0. The van der Waals surface area contributed by atoms with Crippen LogP contribution in [0.4, 0.5) is 17.1 Å². The van der Waals surface area contributed by atoms with E-state index >= 15 is 0 Å². The first-order valence-corrected chi connectivity index (χ1v) is 17.6. The minimum atomic E-state index is 0.629. The van der Waals surface area contributed by atoms with Gasteiger partial charge in [0.05, 0.1) is 10.4 Å². The number of nitrogens with zero attached hydrogens (tertiary/aromatic N) is 2. The fourth-order valence-electron chi connectivity index (χ4n) is 6.84. The van der Waals surface area contributed by atoms with E-state index in [1.54, 1.807) is 11.3 Å². The van der Waals surface area contributed by atoms with Crippen LogP contribution in [0.1, 0.15) is 0 Å². The second-order valence-corrected chi connectivity index (χ2v) is 14.1. The maximum Gasteiger partial charge on any atom is 0.227 e. The van der Waals surface area contributed by atoms with E-state index < -0.39 is 0 Å². The molecule has 0 spiro atoms. The third-order valence-electron chi connectivity index (χ3n) is 9.09. The van der Waals surface area contributed by atoms with Crippen LogP contribution >= 0.6 is 22.7 Å². The monoisotopic (exact) mass is 650 g/mol. The van der Waals surface area contributed by atoms with Gasteiger partial charge in [-0.3, -0.25) is 0 Å². The van der Waals surface area contributed by atoms with Crippen LogP contribution in [0.15, 0.2) is 162 Å². The number of benzene rings is 7. The predicted octanol–water partition coefficient (Wildman–Crippen LogP) is 13.4. The molecule has 5 heteroatoms. The Morgan fingerprint density at radius 3 is 1.85 bits per heavy atom. The SMILES string of the molecule is c1ccc(-c2ccc(N(c3ccc4sc5ccccc5c4c3)c3cc4nc(-c5ccccc5)oc4c4c3sc3ccccc34)cc2)cc1. The number of rotatable bonds is 5. The number of oxazole rings is 1. The third-order valence-corrected chi connectivity index (χ3v) is 11.4. The van der Waals surface area contributed by atoms with E-state index in [9.17, 15) is 0 Å². The summed E-state index contributed by atoms with van der Waals surface area (Å²) in [6.07, 6.45) is 0. The Bertz CT molecular complexity index is 2780. The topological polar surface area (TPSA) is 29.3 Å². The molecule has 0 aliphatic heterocycles. The van der Waals surface area contributed by atoms with Gasteiger partial charge in [0.1, 0.15) is 5.52 Å². The van der Waals surface area contributed by atoms with E-state index in [4.69, 9.17) is 9.40 Å². The average molecular weight is 651 g/mol. The Kier molecular flexibility index (Phi) is 6.22. The second kappa shape index (κ2) is 10.9. The lowest BCUT2D eigenvalue weighted by Gasteiger charge is -2.26. The number of fused-ring (bicyclic) bond motifs is 8. The van der Waals surface area contributed by atoms with Crippen LogP contribution in [0.3, 0.4) is 0 Å². The normalized spacial score (nSPS) is 11.8. The summed E-state index contributed by atoms with van der Waals surface area (Å²) >= 11 is 3.65. The van der Waals surface area contributed by atoms with Gasteiger partial charge in [-0.05, 0) is 71.8 Å². The Balaban J connectivity index is 1.26. The van der Waals surface area contributed by atoms with Crippen LogP contribution in [0.2, 0.25) is 0 Å². The van der Waals surface area contributed by atoms with Crippen molar-refractivity contribution in [3.8, 4) is 22.6 Å². The smallest absolute Gasteiger partial charge is 0.227 e. The fourth-order valence-corrected chi connectivity index (χ4v) is 9.13. The van der Waals surface area contributed by atoms with Gasteiger partial charge < -0.3 is 9.32 Å². The van der Waals surface area contributed by atoms with E-state index in [0.717, 1.165) is 39.1 Å². The molecule has 48 heavy (non-hydrogen) atoms. The largest absolute Gasteiger partial charge is 0.435 e. The van der Waals surface area contributed by atoms with Crippen molar-refractivity contribution in [3.63, 3.8) is 0 Å². The zero-order valence-electron chi connectivity index (χ0n) is 25.6. The van der Waals surface area contributed by atoms with Crippen molar-refractivity contribution < 1.29 is 4.42 Å². The van der Waals surface area contributed by atoms with Crippen molar-refractivity contribution in [1.82, 2.24) is 4.98 Å². The summed E-state index contributed by atoms with van der Waals surface area (Å²) in [5, 5.41) is 4.83. The van der Waals surface area contributed by atoms with Gasteiger partial charge in [-0.25, -0.2) is 4.98 Å². The zero-order valence-corrected chi connectivity index (χ0v) is 27.3. The Labute approximate surface area is 284 Å². The van der Waals surface area contributed by atoms with Gasteiger partial charge in [-0.1, -0.05) is 97.1 Å². The molecule has 3 aromatic heterocycles. The number of anilines is 3. The summed E-state index contributed by atoms with van der Waals surface area (Å²) < 4.78 is 11.6. The summed E-state index contributed by atoms with van der Waals surface area (Å²) in [4.78, 5) is 7.50. The Hall–Kier alpha value is -5.75. The van der Waals surface area contributed by atoms with Crippen molar-refractivity contribution in [2.24, 2.45) is 0 Å². The average Bonchev–Trinajstić information content (AvgIpc) is 3.86. The van der Waals surface area contributed by atoms with Crippen molar-refractivity contribution in [1.29, 1.82) is 0 Å². The van der Waals surface area contributed by atoms with E-state index in [1.165, 1.54) is 46.1 Å². The van der Waals surface area contributed by atoms with Gasteiger partial charge in [0.15, 0.2) is 5.58 Å². The Morgan fingerprint density at radius 1 is 0.479 bits per heavy atom. The van der Waals surface area contributed by atoms with E-state index in [0.29, 0.717) is 5.89 Å². The van der Waals surface area contributed by atoms with Gasteiger partial charge in [0.2, 0.25) is 5.89 Å². The molecular weight excluding hydrogens is 625 g/mol. The fraction of sp³-hybridized carbons (Fsp3) is 0. The first-order chi connectivity index (χ1) is 23.8. The summed E-state index contributed by atoms with van der Waals surface area (Å²) in [6, 6.07) is 56.0. The van der Waals surface area contributed by atoms with Gasteiger partial charge in [0, 0.05) is 52.6 Å². The van der Waals surface area contributed by atoms with Crippen molar-refractivity contribution >= 4 is 91.2 Å². The minimum absolute atomic E-state index is 0.629. The molecule has 0 unspecified atom stereocenters. The number of hydrogen-bond donors (Lipinski definition) is 0. The highest BCUT2D eigenvalue weighted by atomic mass is 32.1. The highest BCUT2D eigenvalue weighted by molar-refractivity contribution is 7.26. The van der Waals surface area contributed by atoms with Gasteiger partial charge in [0.25, 0.3) is 0 Å². The molecule has 0 N–H and O–H groups in total. The summed E-state index contributed by atoms with van der Waals surface area (Å²) in [6.45, 7) is 0. The molecule has 0 radical (unpaired) electrons. The molecule has 0 aliphatic carbocycles. The molecule has 0 fully saturated rings. The molecule has 10 rings (SSSR count). The highest BCUT2D eigenvalue weighted by Gasteiger charge is 2.24. The van der Waals surface area contributed by atoms with E-state index in [-0.39, 0.29) is 0 Å². The molecule has 0 bridgehead atoms. The standard InChI is InChI=1S/C43H26N2OS2/c1-3-11-27(12-4-1)28-19-21-30(22-20-28)45(31-23-24-39-34(25-31)32-15-7-9-17-37(32)47-39)36-26-35-41(46-43(44-35)29-13-5-2-6-14-29)40-33-16-8-10-18-38(33)48-42(36)40/h1-26H. The van der Waals surface area contributed by atoms with Gasteiger partial charge >= 0.3 is 0 Å². The lowest BCUT2D eigenvalue weighted by Crippen LogP contribution is -2.10. The van der Waals surface area contributed by atoms with Crippen molar-refractivity contribution in [2.45, 2.75) is 0 Å². The highest BCUT2D eigenvalue weighted by Crippen LogP contribution is 2.49. The molecule has 3 nitrogen and oxygen atoms in total. The predicted molar refractivity (Wildman–Crippen MR) is 205 cm³/mol. The van der Waals surface area contributed by atoms with E-state index in [2.05, 4.69) is 144 Å². The zero-order chi connectivity index (χ0) is 31.6. The molecule has 7 aromatic carbocycles. The van der Waals surface area contributed by atoms with Crippen molar-refractivity contribution in [2.75, 3.05) is 4.90 Å². The first kappa shape index (κ1) is 27.4. The lowest BCUT2D eigenvalue weighted by atomic mass is 10.0. The van der Waals surface area contributed by atoms with Crippen LogP contribution in [0.5, 0.6) is 0 Å². The van der Waals surface area contributed by atoms with Crippen LogP contribution in [0, 0.1) is 0 Å². The maximum atomic E-state index is 6.62.